The van der Waals surface area contributed by atoms with Gasteiger partial charge in [-0.1, -0.05) is 41.5 Å². The lowest BCUT2D eigenvalue weighted by Crippen LogP contribution is -2.11. The van der Waals surface area contributed by atoms with Gasteiger partial charge < -0.3 is 4.74 Å². The molecule has 0 aliphatic rings. The molecule has 0 radical (unpaired) electrons. The summed E-state index contributed by atoms with van der Waals surface area (Å²) in [4.78, 5) is 3.71. The lowest BCUT2D eigenvalue weighted by Gasteiger charge is -2.10. The number of hydrogen-bond donors (Lipinski definition) is 1. The van der Waals surface area contributed by atoms with E-state index in [1.165, 1.54) is 12.3 Å². The maximum absolute atomic E-state index is 12.1. The first-order chi connectivity index (χ1) is 9.92. The molecule has 0 saturated heterocycles. The van der Waals surface area contributed by atoms with Crippen molar-refractivity contribution < 1.29 is 13.2 Å². The Morgan fingerprint density at radius 3 is 2.71 bits per heavy atom. The molecule has 0 unspecified atom stereocenters. The quantitative estimate of drug-likeness (QED) is 0.837. The molecule has 0 amide bonds. The number of nitrogens with one attached hydrogen (secondary N) is 1. The first-order valence-electron chi connectivity index (χ1n) is 5.99. The van der Waals surface area contributed by atoms with Crippen LogP contribution < -0.4 is 9.46 Å². The predicted molar refractivity (Wildman–Crippen MR) is 85.2 cm³/mol. The summed E-state index contributed by atoms with van der Waals surface area (Å²) in [5.74, 6) is 0.516. The van der Waals surface area contributed by atoms with Crippen molar-refractivity contribution in [3.63, 3.8) is 0 Å². The van der Waals surface area contributed by atoms with Gasteiger partial charge in [0.25, 0.3) is 10.0 Å². The first-order valence-corrected chi connectivity index (χ1v) is 9.04. The standard InChI is InChI=1S/C12H12Cl2N2O3S2/c1-2-5-19-10-4-3-8(6-9(10)13)16-21(17,18)11-7-15-12(14)20-11/h3-4,6-7,16H,2,5H2,1H3. The minimum Gasteiger partial charge on any atom is -0.492 e. The molecule has 0 spiro atoms. The van der Waals surface area contributed by atoms with E-state index in [1.54, 1.807) is 12.1 Å². The summed E-state index contributed by atoms with van der Waals surface area (Å²) in [7, 11) is -3.72. The number of nitrogens with zero attached hydrogens (tertiary/aromatic N) is 1. The van der Waals surface area contributed by atoms with Gasteiger partial charge in [-0.15, -0.1) is 0 Å². The Morgan fingerprint density at radius 2 is 2.14 bits per heavy atom. The van der Waals surface area contributed by atoms with Gasteiger partial charge in [0.15, 0.2) is 8.68 Å². The molecule has 0 aliphatic heterocycles. The molecular weight excluding hydrogens is 355 g/mol. The van der Waals surface area contributed by atoms with Gasteiger partial charge in [-0.05, 0) is 24.6 Å². The molecule has 0 saturated carbocycles. The zero-order valence-corrected chi connectivity index (χ0v) is 14.1. The Balaban J connectivity index is 2.18. The summed E-state index contributed by atoms with van der Waals surface area (Å²) < 4.78 is 32.3. The molecule has 1 aromatic carbocycles. The Bertz CT molecular complexity index is 732. The molecule has 5 nitrogen and oxygen atoms in total. The number of sulfonamides is 1. The summed E-state index contributed by atoms with van der Waals surface area (Å²) >= 11 is 12.6. The van der Waals surface area contributed by atoms with Crippen LogP contribution in [0.25, 0.3) is 0 Å². The fourth-order valence-corrected chi connectivity index (χ4v) is 4.04. The summed E-state index contributed by atoms with van der Waals surface area (Å²) in [6.07, 6.45) is 2.06. The lowest BCUT2D eigenvalue weighted by molar-refractivity contribution is 0.317. The normalized spacial score (nSPS) is 11.4. The van der Waals surface area contributed by atoms with Crippen molar-refractivity contribution in [3.8, 4) is 5.75 Å². The number of thiazole rings is 1. The minimum absolute atomic E-state index is 0.0370. The predicted octanol–water partition coefficient (Wildman–Crippen LogP) is 4.04. The average Bonchev–Trinajstić information content (AvgIpc) is 2.85. The number of hydrogen-bond acceptors (Lipinski definition) is 5. The number of rotatable bonds is 6. The average molecular weight is 367 g/mol. The molecule has 114 valence electrons. The van der Waals surface area contributed by atoms with Crippen LogP contribution in [0, 0.1) is 0 Å². The maximum atomic E-state index is 12.1. The minimum atomic E-state index is -3.72. The highest BCUT2D eigenvalue weighted by molar-refractivity contribution is 7.94. The number of aromatic nitrogens is 1. The molecule has 0 atom stereocenters. The highest BCUT2D eigenvalue weighted by Crippen LogP contribution is 2.30. The molecule has 1 aromatic heterocycles. The van der Waals surface area contributed by atoms with Crippen LogP contribution in [0.5, 0.6) is 5.75 Å². The van der Waals surface area contributed by atoms with Gasteiger partial charge in [-0.2, -0.15) is 0 Å². The van der Waals surface area contributed by atoms with E-state index in [2.05, 4.69) is 9.71 Å². The Hall–Kier alpha value is -1.02. The van der Waals surface area contributed by atoms with Gasteiger partial charge in [0.1, 0.15) is 5.75 Å². The van der Waals surface area contributed by atoms with Crippen LogP contribution in [-0.4, -0.2) is 20.0 Å². The van der Waals surface area contributed by atoms with E-state index in [-0.39, 0.29) is 8.68 Å². The van der Waals surface area contributed by atoms with Crippen LogP contribution in [0.4, 0.5) is 5.69 Å². The third kappa shape index (κ3) is 4.23. The fraction of sp³-hybridized carbons (Fsp3) is 0.250. The SMILES string of the molecule is CCCOc1ccc(NS(=O)(=O)c2cnc(Cl)s2)cc1Cl. The third-order valence-corrected chi connectivity index (χ3v) is 5.62. The molecule has 9 heteroatoms. The van der Waals surface area contributed by atoms with Crippen molar-refractivity contribution >= 4 is 50.2 Å². The number of halogens is 2. The smallest absolute Gasteiger partial charge is 0.273 e. The van der Waals surface area contributed by atoms with Crippen molar-refractivity contribution in [2.75, 3.05) is 11.3 Å². The van der Waals surface area contributed by atoms with Crippen molar-refractivity contribution in [3.05, 3.63) is 33.9 Å². The third-order valence-electron chi connectivity index (χ3n) is 2.37. The fourth-order valence-electron chi connectivity index (χ4n) is 1.46. The van der Waals surface area contributed by atoms with E-state index < -0.39 is 10.0 Å². The zero-order chi connectivity index (χ0) is 15.5. The Labute approximate surface area is 136 Å². The van der Waals surface area contributed by atoms with Gasteiger partial charge >= 0.3 is 0 Å². The molecular formula is C12H12Cl2N2O3S2. The van der Waals surface area contributed by atoms with Crippen LogP contribution in [0.15, 0.2) is 28.6 Å². The van der Waals surface area contributed by atoms with E-state index in [0.29, 0.717) is 23.1 Å². The van der Waals surface area contributed by atoms with Crippen molar-refractivity contribution in [1.82, 2.24) is 4.98 Å². The molecule has 1 N–H and O–H groups in total. The van der Waals surface area contributed by atoms with Gasteiger partial charge in [-0.3, -0.25) is 4.72 Å². The highest BCUT2D eigenvalue weighted by atomic mass is 35.5. The second-order valence-electron chi connectivity index (χ2n) is 4.03. The van der Waals surface area contributed by atoms with Crippen LogP contribution in [-0.2, 0) is 10.0 Å². The summed E-state index contributed by atoms with van der Waals surface area (Å²) in [6.45, 7) is 2.53. The second-order valence-corrected chi connectivity index (χ2v) is 7.96. The molecule has 1 heterocycles. The zero-order valence-electron chi connectivity index (χ0n) is 11.0. The second kappa shape index (κ2) is 6.83. The van der Waals surface area contributed by atoms with E-state index >= 15 is 0 Å². The van der Waals surface area contributed by atoms with Crippen molar-refractivity contribution in [1.29, 1.82) is 0 Å². The summed E-state index contributed by atoms with van der Waals surface area (Å²) in [5, 5.41) is 0.339. The molecule has 2 rings (SSSR count). The lowest BCUT2D eigenvalue weighted by atomic mass is 10.3. The largest absolute Gasteiger partial charge is 0.492 e. The number of ether oxygens (including phenoxy) is 1. The maximum Gasteiger partial charge on any atom is 0.273 e. The molecule has 0 aliphatic carbocycles. The number of anilines is 1. The highest BCUT2D eigenvalue weighted by Gasteiger charge is 2.18. The Morgan fingerprint density at radius 1 is 1.38 bits per heavy atom. The molecule has 2 aromatic rings. The van der Waals surface area contributed by atoms with Crippen molar-refractivity contribution in [2.45, 2.75) is 17.6 Å². The molecule has 0 fully saturated rings. The van der Waals surface area contributed by atoms with Gasteiger partial charge in [0, 0.05) is 0 Å². The van der Waals surface area contributed by atoms with Crippen LogP contribution >= 0.6 is 34.5 Å². The summed E-state index contributed by atoms with van der Waals surface area (Å²) in [5.41, 5.74) is 0.341. The topological polar surface area (TPSA) is 68.3 Å². The number of benzene rings is 1. The van der Waals surface area contributed by atoms with Gasteiger partial charge in [-0.25, -0.2) is 13.4 Å². The first kappa shape index (κ1) is 16.4. The van der Waals surface area contributed by atoms with Crippen LogP contribution in [0.3, 0.4) is 0 Å². The van der Waals surface area contributed by atoms with Crippen molar-refractivity contribution in [2.24, 2.45) is 0 Å². The summed E-state index contributed by atoms with van der Waals surface area (Å²) in [6, 6.07) is 4.69. The molecule has 0 bridgehead atoms. The van der Waals surface area contributed by atoms with E-state index in [0.717, 1.165) is 17.8 Å². The van der Waals surface area contributed by atoms with E-state index in [4.69, 9.17) is 27.9 Å². The van der Waals surface area contributed by atoms with E-state index in [1.807, 2.05) is 6.92 Å². The van der Waals surface area contributed by atoms with Crippen LogP contribution in [0.1, 0.15) is 13.3 Å². The molecule has 21 heavy (non-hydrogen) atoms. The van der Waals surface area contributed by atoms with Crippen LogP contribution in [0.2, 0.25) is 9.49 Å². The van der Waals surface area contributed by atoms with Gasteiger partial charge in [0.2, 0.25) is 0 Å². The van der Waals surface area contributed by atoms with E-state index in [9.17, 15) is 8.42 Å². The monoisotopic (exact) mass is 366 g/mol. The van der Waals surface area contributed by atoms with Gasteiger partial charge in [0.05, 0.1) is 23.5 Å². The Kier molecular flexibility index (Phi) is 5.32.